The predicted octanol–water partition coefficient (Wildman–Crippen LogP) is 2.30. The van der Waals surface area contributed by atoms with Crippen molar-refractivity contribution in [1.82, 2.24) is 9.88 Å². The summed E-state index contributed by atoms with van der Waals surface area (Å²) in [5, 5.41) is 0. The number of pyridine rings is 1. The van der Waals surface area contributed by atoms with Gasteiger partial charge in [0.25, 0.3) is 5.91 Å². The highest BCUT2D eigenvalue weighted by Crippen LogP contribution is 2.23. The van der Waals surface area contributed by atoms with Crippen molar-refractivity contribution in [3.63, 3.8) is 0 Å². The Bertz CT molecular complexity index is 645. The lowest BCUT2D eigenvalue weighted by Crippen LogP contribution is -2.42. The molecule has 0 aliphatic carbocycles. The standard InChI is InChI=1S/C17H18N2O3/c1-21-15-4-2-3-14(11-15)17(20)19-9-10-22-16(12-19)13-5-7-18-8-6-13/h2-8,11,16H,9-10,12H2,1H3/t16-/m0/s1. The Morgan fingerprint density at radius 1 is 1.32 bits per heavy atom. The minimum absolute atomic E-state index is 0.00116. The molecule has 0 unspecified atom stereocenters. The Morgan fingerprint density at radius 2 is 2.14 bits per heavy atom. The Kier molecular flexibility index (Phi) is 4.34. The van der Waals surface area contributed by atoms with Crippen LogP contribution in [0.1, 0.15) is 22.0 Å². The van der Waals surface area contributed by atoms with E-state index in [0.717, 1.165) is 5.56 Å². The number of hydrogen-bond acceptors (Lipinski definition) is 4. The van der Waals surface area contributed by atoms with Gasteiger partial charge in [0.1, 0.15) is 11.9 Å². The summed E-state index contributed by atoms with van der Waals surface area (Å²) >= 11 is 0. The van der Waals surface area contributed by atoms with Gasteiger partial charge in [-0.1, -0.05) is 6.07 Å². The van der Waals surface area contributed by atoms with Crippen LogP contribution >= 0.6 is 0 Å². The average molecular weight is 298 g/mol. The lowest BCUT2D eigenvalue weighted by atomic mass is 10.1. The molecule has 1 atom stereocenters. The summed E-state index contributed by atoms with van der Waals surface area (Å²) in [5.41, 5.74) is 1.67. The van der Waals surface area contributed by atoms with Crippen molar-refractivity contribution < 1.29 is 14.3 Å². The highest BCUT2D eigenvalue weighted by molar-refractivity contribution is 5.94. The van der Waals surface area contributed by atoms with Crippen LogP contribution in [0.25, 0.3) is 0 Å². The number of morpholine rings is 1. The van der Waals surface area contributed by atoms with Gasteiger partial charge in [0, 0.05) is 24.5 Å². The Balaban J connectivity index is 1.75. The number of rotatable bonds is 3. The molecule has 1 aromatic carbocycles. The van der Waals surface area contributed by atoms with E-state index in [1.54, 1.807) is 25.6 Å². The molecular formula is C17H18N2O3. The molecule has 1 aliphatic rings. The summed E-state index contributed by atoms with van der Waals surface area (Å²) in [4.78, 5) is 18.5. The summed E-state index contributed by atoms with van der Waals surface area (Å²) in [6, 6.07) is 11.1. The highest BCUT2D eigenvalue weighted by atomic mass is 16.5. The monoisotopic (exact) mass is 298 g/mol. The molecule has 1 aromatic heterocycles. The van der Waals surface area contributed by atoms with Crippen LogP contribution in [0.3, 0.4) is 0 Å². The number of methoxy groups -OCH3 is 1. The smallest absolute Gasteiger partial charge is 0.254 e. The van der Waals surface area contributed by atoms with Crippen molar-refractivity contribution in [2.45, 2.75) is 6.10 Å². The van der Waals surface area contributed by atoms with Crippen molar-refractivity contribution in [1.29, 1.82) is 0 Å². The molecule has 0 saturated carbocycles. The summed E-state index contributed by atoms with van der Waals surface area (Å²) in [7, 11) is 1.60. The predicted molar refractivity (Wildman–Crippen MR) is 81.8 cm³/mol. The number of amides is 1. The normalized spacial score (nSPS) is 18.0. The van der Waals surface area contributed by atoms with Gasteiger partial charge in [0.15, 0.2) is 0 Å². The van der Waals surface area contributed by atoms with Gasteiger partial charge < -0.3 is 14.4 Å². The number of benzene rings is 1. The van der Waals surface area contributed by atoms with E-state index < -0.39 is 0 Å². The second-order valence-corrected chi connectivity index (χ2v) is 5.12. The largest absolute Gasteiger partial charge is 0.497 e. The van der Waals surface area contributed by atoms with Crippen LogP contribution in [0.5, 0.6) is 5.75 Å². The summed E-state index contributed by atoms with van der Waals surface area (Å²) in [5.74, 6) is 0.686. The molecule has 1 aliphatic heterocycles. The second-order valence-electron chi connectivity index (χ2n) is 5.12. The van der Waals surface area contributed by atoms with Gasteiger partial charge in [-0.25, -0.2) is 0 Å². The number of aromatic nitrogens is 1. The Morgan fingerprint density at radius 3 is 2.91 bits per heavy atom. The zero-order valence-corrected chi connectivity index (χ0v) is 12.4. The highest BCUT2D eigenvalue weighted by Gasteiger charge is 2.26. The molecule has 5 nitrogen and oxygen atoms in total. The maximum atomic E-state index is 12.6. The topological polar surface area (TPSA) is 51.7 Å². The number of ether oxygens (including phenoxy) is 2. The van der Waals surface area contributed by atoms with Gasteiger partial charge in [0.05, 0.1) is 20.3 Å². The first-order valence-corrected chi connectivity index (χ1v) is 7.23. The zero-order chi connectivity index (χ0) is 15.4. The maximum absolute atomic E-state index is 12.6. The number of hydrogen-bond donors (Lipinski definition) is 0. The van der Waals surface area contributed by atoms with Gasteiger partial charge >= 0.3 is 0 Å². The van der Waals surface area contributed by atoms with Crippen LogP contribution < -0.4 is 4.74 Å². The fourth-order valence-corrected chi connectivity index (χ4v) is 2.55. The van der Waals surface area contributed by atoms with Gasteiger partial charge in [-0.3, -0.25) is 9.78 Å². The molecule has 22 heavy (non-hydrogen) atoms. The van der Waals surface area contributed by atoms with E-state index in [2.05, 4.69) is 4.98 Å². The van der Waals surface area contributed by atoms with E-state index in [1.165, 1.54) is 0 Å². The summed E-state index contributed by atoms with van der Waals surface area (Å²) in [6.07, 6.45) is 3.37. The quantitative estimate of drug-likeness (QED) is 0.872. The third kappa shape index (κ3) is 3.09. The fraction of sp³-hybridized carbons (Fsp3) is 0.294. The lowest BCUT2D eigenvalue weighted by molar-refractivity contribution is -0.0228. The fourth-order valence-electron chi connectivity index (χ4n) is 2.55. The van der Waals surface area contributed by atoms with E-state index in [0.29, 0.717) is 31.0 Å². The molecule has 0 bridgehead atoms. The molecule has 5 heteroatoms. The Labute approximate surface area is 129 Å². The summed E-state index contributed by atoms with van der Waals surface area (Å²) < 4.78 is 11.0. The van der Waals surface area contributed by atoms with E-state index in [9.17, 15) is 4.79 Å². The van der Waals surface area contributed by atoms with Gasteiger partial charge in [-0.2, -0.15) is 0 Å². The maximum Gasteiger partial charge on any atom is 0.254 e. The van der Waals surface area contributed by atoms with Crippen LogP contribution in [0.4, 0.5) is 0 Å². The van der Waals surface area contributed by atoms with Crippen molar-refractivity contribution in [3.05, 3.63) is 59.9 Å². The average Bonchev–Trinajstić information content (AvgIpc) is 2.62. The molecule has 1 fully saturated rings. The molecule has 114 valence electrons. The second kappa shape index (κ2) is 6.58. The van der Waals surface area contributed by atoms with E-state index in [4.69, 9.17) is 9.47 Å². The molecule has 1 amide bonds. The van der Waals surface area contributed by atoms with Crippen LogP contribution in [-0.4, -0.2) is 42.6 Å². The third-order valence-corrected chi connectivity index (χ3v) is 3.75. The minimum atomic E-state index is -0.105. The van der Waals surface area contributed by atoms with Crippen molar-refractivity contribution >= 4 is 5.91 Å². The van der Waals surface area contributed by atoms with Gasteiger partial charge in [-0.05, 0) is 35.9 Å². The van der Waals surface area contributed by atoms with E-state index in [1.807, 2.05) is 35.2 Å². The number of carbonyl (C=O) groups is 1. The van der Waals surface area contributed by atoms with Crippen LogP contribution in [0, 0.1) is 0 Å². The third-order valence-electron chi connectivity index (χ3n) is 3.75. The SMILES string of the molecule is COc1cccc(C(=O)N2CCO[C@H](c3ccncc3)C2)c1. The zero-order valence-electron chi connectivity index (χ0n) is 12.4. The van der Waals surface area contributed by atoms with Crippen LogP contribution in [-0.2, 0) is 4.74 Å². The first kappa shape index (κ1) is 14.5. The molecular weight excluding hydrogens is 280 g/mol. The van der Waals surface area contributed by atoms with Gasteiger partial charge in [-0.15, -0.1) is 0 Å². The molecule has 3 rings (SSSR count). The molecule has 2 aromatic rings. The molecule has 0 N–H and O–H groups in total. The molecule has 0 radical (unpaired) electrons. The van der Waals surface area contributed by atoms with Crippen molar-refractivity contribution in [2.24, 2.45) is 0 Å². The lowest BCUT2D eigenvalue weighted by Gasteiger charge is -2.33. The molecule has 1 saturated heterocycles. The van der Waals surface area contributed by atoms with Crippen molar-refractivity contribution in [3.8, 4) is 5.75 Å². The number of carbonyl (C=O) groups excluding carboxylic acids is 1. The summed E-state index contributed by atoms with van der Waals surface area (Å²) in [6.45, 7) is 1.67. The molecule has 0 spiro atoms. The van der Waals surface area contributed by atoms with Crippen molar-refractivity contribution in [2.75, 3.05) is 26.8 Å². The minimum Gasteiger partial charge on any atom is -0.497 e. The molecule has 2 heterocycles. The first-order valence-electron chi connectivity index (χ1n) is 7.23. The van der Waals surface area contributed by atoms with E-state index in [-0.39, 0.29) is 12.0 Å². The van der Waals surface area contributed by atoms with E-state index >= 15 is 0 Å². The Hall–Kier alpha value is -2.40. The van der Waals surface area contributed by atoms with Gasteiger partial charge in [0.2, 0.25) is 0 Å². The van der Waals surface area contributed by atoms with Crippen LogP contribution in [0.15, 0.2) is 48.8 Å². The van der Waals surface area contributed by atoms with Crippen LogP contribution in [0.2, 0.25) is 0 Å². The first-order chi connectivity index (χ1) is 10.8. The number of nitrogens with zero attached hydrogens (tertiary/aromatic N) is 2.